The lowest BCUT2D eigenvalue weighted by atomic mass is 10.0. The van der Waals surface area contributed by atoms with Gasteiger partial charge in [0.25, 0.3) is 5.56 Å². The molecule has 0 amide bonds. The molecule has 0 bridgehead atoms. The number of benzene rings is 2. The number of rotatable bonds is 7. The van der Waals surface area contributed by atoms with Gasteiger partial charge in [0.05, 0.1) is 6.54 Å². The summed E-state index contributed by atoms with van der Waals surface area (Å²) in [5.41, 5.74) is 3.41. The van der Waals surface area contributed by atoms with Crippen LogP contribution in [0.15, 0.2) is 53.3 Å². The zero-order chi connectivity index (χ0) is 24.4. The number of aromatic amines is 1. The van der Waals surface area contributed by atoms with Gasteiger partial charge >= 0.3 is 0 Å². The van der Waals surface area contributed by atoms with Gasteiger partial charge in [0, 0.05) is 37.3 Å². The molecule has 0 saturated carbocycles. The zero-order valence-corrected chi connectivity index (χ0v) is 20.1. The third-order valence-electron chi connectivity index (χ3n) is 6.91. The summed E-state index contributed by atoms with van der Waals surface area (Å²) < 4.78 is 15.1. The predicted octanol–water partition coefficient (Wildman–Crippen LogP) is 2.99. The Morgan fingerprint density at radius 1 is 1.00 bits per heavy atom. The fourth-order valence-electron chi connectivity index (χ4n) is 4.82. The van der Waals surface area contributed by atoms with Crippen molar-refractivity contribution in [2.24, 2.45) is 0 Å². The molecular formula is C26H30FN7O. The van der Waals surface area contributed by atoms with Crippen molar-refractivity contribution in [2.45, 2.75) is 32.9 Å². The maximum absolute atomic E-state index is 13.4. The monoisotopic (exact) mass is 475 g/mol. The van der Waals surface area contributed by atoms with E-state index in [-0.39, 0.29) is 11.4 Å². The number of likely N-dealkylation sites (N-methyl/N-ethyl adjacent to an activating group) is 1. The van der Waals surface area contributed by atoms with Gasteiger partial charge < -0.3 is 9.88 Å². The van der Waals surface area contributed by atoms with Crippen LogP contribution in [0, 0.1) is 5.82 Å². The minimum atomic E-state index is -0.400. The molecule has 35 heavy (non-hydrogen) atoms. The van der Waals surface area contributed by atoms with E-state index in [1.165, 1.54) is 17.7 Å². The van der Waals surface area contributed by atoms with Crippen molar-refractivity contribution in [3.05, 3.63) is 87.2 Å². The van der Waals surface area contributed by atoms with E-state index in [2.05, 4.69) is 50.2 Å². The largest absolute Gasteiger partial charge is 0.322 e. The van der Waals surface area contributed by atoms with Gasteiger partial charge in [0.15, 0.2) is 5.82 Å². The molecule has 9 heteroatoms. The predicted molar refractivity (Wildman–Crippen MR) is 133 cm³/mol. The Hall–Kier alpha value is -3.43. The first-order valence-corrected chi connectivity index (χ1v) is 12.2. The highest BCUT2D eigenvalue weighted by molar-refractivity contribution is 5.80. The van der Waals surface area contributed by atoms with Crippen LogP contribution in [0.25, 0.3) is 10.9 Å². The summed E-state index contributed by atoms with van der Waals surface area (Å²) in [6, 6.07) is 14.0. The van der Waals surface area contributed by atoms with E-state index in [1.54, 1.807) is 16.8 Å². The number of pyridine rings is 1. The smallest absolute Gasteiger partial charge is 0.253 e. The molecule has 2 aromatic carbocycles. The Labute approximate surface area is 203 Å². The molecular weight excluding hydrogens is 445 g/mol. The van der Waals surface area contributed by atoms with Gasteiger partial charge in [-0.2, -0.15) is 0 Å². The van der Waals surface area contributed by atoms with Gasteiger partial charge in [-0.05, 0) is 70.2 Å². The molecule has 182 valence electrons. The molecule has 0 unspecified atom stereocenters. The number of hydrogen-bond donors (Lipinski definition) is 1. The highest BCUT2D eigenvalue weighted by Crippen LogP contribution is 2.28. The maximum Gasteiger partial charge on any atom is 0.253 e. The number of H-pyrrole nitrogens is 1. The van der Waals surface area contributed by atoms with Crippen LogP contribution in [-0.2, 0) is 13.0 Å². The molecule has 3 heterocycles. The number of halogens is 1. The Kier molecular flexibility index (Phi) is 6.70. The molecule has 1 aliphatic heterocycles. The standard InChI is InChI=1S/C26H30FN7O/c1-3-18-7-10-23-20(15-18)16-22(26(35)28-23)24(33-13-11-32(4-2)12-14-33)25-29-30-31-34(25)17-19-5-8-21(27)9-6-19/h5-10,15-16,24H,3-4,11-14,17H2,1-2H3,(H,28,35)/t24-/m1/s1. The number of aromatic nitrogens is 5. The fourth-order valence-corrected chi connectivity index (χ4v) is 4.82. The van der Waals surface area contributed by atoms with Crippen molar-refractivity contribution in [2.75, 3.05) is 32.7 Å². The van der Waals surface area contributed by atoms with Crippen LogP contribution < -0.4 is 5.56 Å². The van der Waals surface area contributed by atoms with Gasteiger partial charge in [0.2, 0.25) is 0 Å². The van der Waals surface area contributed by atoms with E-state index in [1.807, 2.05) is 18.2 Å². The molecule has 4 aromatic rings. The second-order valence-corrected chi connectivity index (χ2v) is 9.02. The first-order valence-electron chi connectivity index (χ1n) is 12.2. The SMILES string of the molecule is CCc1ccc2[nH]c(=O)c([C@H](c3nnnn3Cc3ccc(F)cc3)N3CCN(CC)CC3)cc2c1. The average molecular weight is 476 g/mol. The van der Waals surface area contributed by atoms with Crippen molar-refractivity contribution in [3.8, 4) is 0 Å². The topological polar surface area (TPSA) is 82.9 Å². The second-order valence-electron chi connectivity index (χ2n) is 9.02. The number of nitrogens with zero attached hydrogens (tertiary/aromatic N) is 6. The normalized spacial score (nSPS) is 16.1. The lowest BCUT2D eigenvalue weighted by Gasteiger charge is -2.38. The highest BCUT2D eigenvalue weighted by Gasteiger charge is 2.32. The van der Waals surface area contributed by atoms with E-state index in [0.29, 0.717) is 17.9 Å². The molecule has 5 rings (SSSR count). The molecule has 8 nitrogen and oxygen atoms in total. The Morgan fingerprint density at radius 3 is 2.46 bits per heavy atom. The van der Waals surface area contributed by atoms with E-state index in [9.17, 15) is 9.18 Å². The van der Waals surface area contributed by atoms with E-state index in [4.69, 9.17) is 0 Å². The molecule has 1 atom stereocenters. The van der Waals surface area contributed by atoms with Crippen LogP contribution in [-0.4, -0.2) is 67.7 Å². The molecule has 1 aliphatic rings. The van der Waals surface area contributed by atoms with Crippen LogP contribution >= 0.6 is 0 Å². The van der Waals surface area contributed by atoms with Crippen molar-refractivity contribution in [1.29, 1.82) is 0 Å². The van der Waals surface area contributed by atoms with Gasteiger partial charge in [-0.1, -0.05) is 32.0 Å². The molecule has 1 fully saturated rings. The molecule has 1 saturated heterocycles. The Balaban J connectivity index is 1.59. The Bertz CT molecular complexity index is 1360. The highest BCUT2D eigenvalue weighted by atomic mass is 19.1. The summed E-state index contributed by atoms with van der Waals surface area (Å²) in [4.78, 5) is 21.1. The van der Waals surface area contributed by atoms with Gasteiger partial charge in [-0.25, -0.2) is 9.07 Å². The second kappa shape index (κ2) is 10.1. The fraction of sp³-hybridized carbons (Fsp3) is 0.385. The number of aryl methyl sites for hydroxylation is 1. The molecule has 0 spiro atoms. The number of tetrazole rings is 1. The van der Waals surface area contributed by atoms with Crippen molar-refractivity contribution in [1.82, 2.24) is 35.0 Å². The van der Waals surface area contributed by atoms with Crippen LogP contribution in [0.2, 0.25) is 0 Å². The number of hydrogen-bond acceptors (Lipinski definition) is 6. The molecule has 0 radical (unpaired) electrons. The average Bonchev–Trinajstić information content (AvgIpc) is 3.33. The molecule has 0 aliphatic carbocycles. The maximum atomic E-state index is 13.4. The zero-order valence-electron chi connectivity index (χ0n) is 20.1. The minimum Gasteiger partial charge on any atom is -0.322 e. The summed E-state index contributed by atoms with van der Waals surface area (Å²) in [6.45, 7) is 9.10. The van der Waals surface area contributed by atoms with Crippen molar-refractivity contribution >= 4 is 10.9 Å². The van der Waals surface area contributed by atoms with E-state index < -0.39 is 6.04 Å². The van der Waals surface area contributed by atoms with Crippen LogP contribution in [0.1, 0.15) is 42.4 Å². The van der Waals surface area contributed by atoms with Gasteiger partial charge in [0.1, 0.15) is 11.9 Å². The summed E-state index contributed by atoms with van der Waals surface area (Å²) in [6.07, 6.45) is 0.919. The first kappa shape index (κ1) is 23.3. The Morgan fingerprint density at radius 2 is 1.74 bits per heavy atom. The summed E-state index contributed by atoms with van der Waals surface area (Å²) >= 11 is 0. The summed E-state index contributed by atoms with van der Waals surface area (Å²) in [7, 11) is 0. The number of nitrogens with one attached hydrogen (secondary N) is 1. The van der Waals surface area contributed by atoms with Crippen LogP contribution in [0.4, 0.5) is 4.39 Å². The van der Waals surface area contributed by atoms with E-state index >= 15 is 0 Å². The molecule has 2 aromatic heterocycles. The van der Waals surface area contributed by atoms with Crippen molar-refractivity contribution < 1.29 is 4.39 Å². The summed E-state index contributed by atoms with van der Waals surface area (Å²) in [5.74, 6) is 0.322. The van der Waals surface area contributed by atoms with E-state index in [0.717, 1.165) is 55.6 Å². The number of fused-ring (bicyclic) bond motifs is 1. The quantitative estimate of drug-likeness (QED) is 0.443. The van der Waals surface area contributed by atoms with Crippen LogP contribution in [0.3, 0.4) is 0 Å². The third kappa shape index (κ3) is 4.87. The third-order valence-corrected chi connectivity index (χ3v) is 6.91. The van der Waals surface area contributed by atoms with Crippen molar-refractivity contribution in [3.63, 3.8) is 0 Å². The van der Waals surface area contributed by atoms with Gasteiger partial charge in [-0.15, -0.1) is 5.10 Å². The lowest BCUT2D eigenvalue weighted by Crippen LogP contribution is -2.49. The first-order chi connectivity index (χ1) is 17.1. The van der Waals surface area contributed by atoms with Gasteiger partial charge in [-0.3, -0.25) is 9.69 Å². The minimum absolute atomic E-state index is 0.138. The number of piperazine rings is 1. The summed E-state index contributed by atoms with van der Waals surface area (Å²) in [5, 5.41) is 13.6. The van der Waals surface area contributed by atoms with Crippen LogP contribution in [0.5, 0.6) is 0 Å². The lowest BCUT2D eigenvalue weighted by molar-refractivity contribution is 0.108. The molecule has 1 N–H and O–H groups in total.